The van der Waals surface area contributed by atoms with E-state index in [9.17, 15) is 14.4 Å². The van der Waals surface area contributed by atoms with E-state index in [4.69, 9.17) is 18.9 Å². The predicted octanol–water partition coefficient (Wildman–Crippen LogP) is 13.8. The van der Waals surface area contributed by atoms with Crippen LogP contribution in [0.5, 0.6) is 0 Å². The summed E-state index contributed by atoms with van der Waals surface area (Å²) in [5.74, 6) is -0.492. The van der Waals surface area contributed by atoms with Crippen LogP contribution in [0.1, 0.15) is 241 Å². The second-order valence-corrected chi connectivity index (χ2v) is 18.4. The van der Waals surface area contributed by atoms with Gasteiger partial charge in [0.1, 0.15) is 12.7 Å². The summed E-state index contributed by atoms with van der Waals surface area (Å²) >= 11 is 0. The molecule has 0 aromatic heterocycles. The number of carbonyl (C=O) groups is 3. The Kier molecular flexibility index (Phi) is 28.2. The summed E-state index contributed by atoms with van der Waals surface area (Å²) in [5, 5.41) is 0. The largest absolute Gasteiger partial charge is 0.462 e. The number of esters is 3. The molecule has 1 saturated heterocycles. The smallest absolute Gasteiger partial charge is 0.311 e. The van der Waals surface area contributed by atoms with Crippen molar-refractivity contribution >= 4 is 17.9 Å². The number of rotatable bonds is 35. The van der Waals surface area contributed by atoms with Gasteiger partial charge in [0, 0.05) is 0 Å². The van der Waals surface area contributed by atoms with Crippen LogP contribution in [0.25, 0.3) is 0 Å². The molecule has 0 bridgehead atoms. The van der Waals surface area contributed by atoms with Gasteiger partial charge in [-0.25, -0.2) is 0 Å². The molecule has 2 rings (SSSR count). The zero-order valence-electron chi connectivity index (χ0n) is 37.7. The van der Waals surface area contributed by atoms with Crippen molar-refractivity contribution in [3.8, 4) is 0 Å². The number of unbranched alkanes of at least 4 members (excludes halogenated alkanes) is 20. The Morgan fingerprint density at radius 3 is 1.38 bits per heavy atom. The van der Waals surface area contributed by atoms with Gasteiger partial charge < -0.3 is 18.9 Å². The van der Waals surface area contributed by atoms with Gasteiger partial charge in [-0.05, 0) is 57.8 Å². The minimum atomic E-state index is -0.796. The number of ether oxygens (including phenoxy) is 4. The van der Waals surface area contributed by atoms with Crippen LogP contribution in [0.2, 0.25) is 0 Å². The fourth-order valence-corrected chi connectivity index (χ4v) is 9.02. The first kappa shape index (κ1) is 50.5. The summed E-state index contributed by atoms with van der Waals surface area (Å²) in [7, 11) is 0. The SMILES string of the molecule is CCCCCCCCC(CCCCCCCC)C(=O)O[C@@H]1[C@@H](OC(=O)C(CCCCCCCC)CCCCCCCC)CO[C@@H]1COC(=O)C1(C)CCC(C)C1. The lowest BCUT2D eigenvalue weighted by molar-refractivity contribution is -0.174. The third-order valence-corrected chi connectivity index (χ3v) is 12.9. The molecule has 7 heteroatoms. The van der Waals surface area contributed by atoms with E-state index in [2.05, 4.69) is 34.6 Å². The molecule has 0 aromatic rings. The van der Waals surface area contributed by atoms with Crippen molar-refractivity contribution in [3.63, 3.8) is 0 Å². The first-order chi connectivity index (χ1) is 27.2. The van der Waals surface area contributed by atoms with E-state index in [0.29, 0.717) is 5.92 Å². The van der Waals surface area contributed by atoms with Crippen LogP contribution in [0.15, 0.2) is 0 Å². The lowest BCUT2D eigenvalue weighted by atomic mass is 9.88. The molecule has 1 heterocycles. The van der Waals surface area contributed by atoms with Gasteiger partial charge in [0.25, 0.3) is 0 Å². The summed E-state index contributed by atoms with van der Waals surface area (Å²) in [4.78, 5) is 41.5. The molecule has 1 aliphatic carbocycles. The van der Waals surface area contributed by atoms with Gasteiger partial charge in [-0.2, -0.15) is 0 Å². The van der Waals surface area contributed by atoms with Crippen LogP contribution in [0.3, 0.4) is 0 Å². The molecule has 56 heavy (non-hydrogen) atoms. The number of carbonyl (C=O) groups excluding carboxylic acids is 3. The summed E-state index contributed by atoms with van der Waals surface area (Å²) in [5.41, 5.74) is -0.504. The molecule has 7 nitrogen and oxygen atoms in total. The molecule has 0 amide bonds. The van der Waals surface area contributed by atoms with Gasteiger partial charge in [-0.1, -0.05) is 189 Å². The van der Waals surface area contributed by atoms with Crippen LogP contribution in [-0.4, -0.2) is 49.4 Å². The van der Waals surface area contributed by atoms with Crippen molar-refractivity contribution in [2.75, 3.05) is 13.2 Å². The lowest BCUT2D eigenvalue weighted by Crippen LogP contribution is -2.43. The van der Waals surface area contributed by atoms with Crippen LogP contribution in [-0.2, 0) is 33.3 Å². The molecular weight excluding hydrogens is 701 g/mol. The standard InChI is InChI=1S/C49H90O7/c1-7-11-15-19-23-27-31-41(32-28-24-20-16-12-8-2)46(50)55-44-39-53-43(38-54-48(52)49(6)36-35-40(5)37-49)45(44)56-47(51)42(33-29-25-21-17-13-9-3)34-30-26-22-18-14-10-4/h40-45H,7-39H2,1-6H3/t40?,43-,44+,45+,49?/m1/s1. The average Bonchev–Trinajstić information content (AvgIpc) is 3.74. The predicted molar refractivity (Wildman–Crippen MR) is 231 cm³/mol. The fraction of sp³-hybridized carbons (Fsp3) is 0.939. The Hall–Kier alpha value is -1.63. The minimum Gasteiger partial charge on any atom is -0.462 e. The summed E-state index contributed by atoms with van der Waals surface area (Å²) < 4.78 is 24.9. The highest BCUT2D eigenvalue weighted by molar-refractivity contribution is 5.77. The van der Waals surface area contributed by atoms with Crippen LogP contribution < -0.4 is 0 Å². The van der Waals surface area contributed by atoms with E-state index in [1.807, 2.05) is 6.92 Å². The van der Waals surface area contributed by atoms with E-state index in [-0.39, 0.29) is 43.0 Å². The van der Waals surface area contributed by atoms with E-state index in [1.54, 1.807) is 0 Å². The Balaban J connectivity index is 2.19. The average molecular weight is 791 g/mol. The normalized spacial score (nSPS) is 22.3. The zero-order chi connectivity index (χ0) is 40.9. The summed E-state index contributed by atoms with van der Waals surface area (Å²) in [6.45, 7) is 13.3. The van der Waals surface area contributed by atoms with Crippen molar-refractivity contribution < 1.29 is 33.3 Å². The monoisotopic (exact) mass is 791 g/mol. The van der Waals surface area contributed by atoms with E-state index < -0.39 is 23.7 Å². The molecule has 1 saturated carbocycles. The van der Waals surface area contributed by atoms with E-state index >= 15 is 0 Å². The maximum atomic E-state index is 14.1. The van der Waals surface area contributed by atoms with E-state index in [0.717, 1.165) is 96.3 Å². The molecule has 2 unspecified atom stereocenters. The number of hydrogen-bond acceptors (Lipinski definition) is 7. The van der Waals surface area contributed by atoms with Crippen molar-refractivity contribution in [2.24, 2.45) is 23.2 Å². The van der Waals surface area contributed by atoms with Gasteiger partial charge in [0.2, 0.25) is 0 Å². The molecule has 0 radical (unpaired) electrons. The van der Waals surface area contributed by atoms with Crippen LogP contribution in [0, 0.1) is 23.2 Å². The van der Waals surface area contributed by atoms with Gasteiger partial charge in [0.05, 0.1) is 23.9 Å². The van der Waals surface area contributed by atoms with Crippen molar-refractivity contribution in [1.82, 2.24) is 0 Å². The van der Waals surface area contributed by atoms with Crippen molar-refractivity contribution in [2.45, 2.75) is 259 Å². The molecule has 2 fully saturated rings. The fourth-order valence-electron chi connectivity index (χ4n) is 9.02. The maximum absolute atomic E-state index is 14.1. The molecule has 0 N–H and O–H groups in total. The van der Waals surface area contributed by atoms with Gasteiger partial charge in [-0.15, -0.1) is 0 Å². The van der Waals surface area contributed by atoms with Gasteiger partial charge >= 0.3 is 17.9 Å². The first-order valence-electron chi connectivity index (χ1n) is 24.4. The highest BCUT2D eigenvalue weighted by Gasteiger charge is 2.46. The molecule has 0 aromatic carbocycles. The second kappa shape index (κ2) is 31.3. The Morgan fingerprint density at radius 1 is 0.589 bits per heavy atom. The Labute approximate surface area is 345 Å². The van der Waals surface area contributed by atoms with E-state index in [1.165, 1.54) is 103 Å². The topological polar surface area (TPSA) is 88.1 Å². The first-order valence-corrected chi connectivity index (χ1v) is 24.4. The zero-order valence-corrected chi connectivity index (χ0v) is 37.7. The molecule has 328 valence electrons. The van der Waals surface area contributed by atoms with Crippen LogP contribution in [0.4, 0.5) is 0 Å². The van der Waals surface area contributed by atoms with Crippen molar-refractivity contribution in [1.29, 1.82) is 0 Å². The molecular formula is C49H90O7. The quantitative estimate of drug-likeness (QED) is 0.0359. The second-order valence-electron chi connectivity index (χ2n) is 18.4. The molecule has 5 atom stereocenters. The Bertz CT molecular complexity index is 982. The van der Waals surface area contributed by atoms with Crippen LogP contribution >= 0.6 is 0 Å². The summed E-state index contributed by atoms with van der Waals surface area (Å²) in [6.07, 6.45) is 32.1. The van der Waals surface area contributed by atoms with Crippen molar-refractivity contribution in [3.05, 3.63) is 0 Å². The third-order valence-electron chi connectivity index (χ3n) is 12.9. The Morgan fingerprint density at radius 2 is 0.982 bits per heavy atom. The minimum absolute atomic E-state index is 0.00667. The lowest BCUT2D eigenvalue weighted by Gasteiger charge is -2.28. The molecule has 0 spiro atoms. The highest BCUT2D eigenvalue weighted by Crippen LogP contribution is 2.42. The maximum Gasteiger partial charge on any atom is 0.311 e. The number of hydrogen-bond donors (Lipinski definition) is 0. The molecule has 1 aliphatic heterocycles. The van der Waals surface area contributed by atoms with Gasteiger partial charge in [-0.3, -0.25) is 14.4 Å². The molecule has 2 aliphatic rings. The van der Waals surface area contributed by atoms with Gasteiger partial charge in [0.15, 0.2) is 12.2 Å². The highest BCUT2D eigenvalue weighted by atomic mass is 16.6. The summed E-state index contributed by atoms with van der Waals surface area (Å²) in [6, 6.07) is 0. The third kappa shape index (κ3) is 20.9.